The first-order valence-electron chi connectivity index (χ1n) is 10.6. The van der Waals surface area contributed by atoms with E-state index in [-0.39, 0.29) is 47.9 Å². The third-order valence-corrected chi connectivity index (χ3v) is 6.46. The van der Waals surface area contributed by atoms with Crippen LogP contribution in [0.2, 0.25) is 0 Å². The van der Waals surface area contributed by atoms with Crippen LogP contribution in [0.1, 0.15) is 37.8 Å². The van der Waals surface area contributed by atoms with Gasteiger partial charge in [0.05, 0.1) is 4.91 Å². The van der Waals surface area contributed by atoms with Crippen LogP contribution in [-0.4, -0.2) is 58.9 Å². The summed E-state index contributed by atoms with van der Waals surface area (Å²) >= 11 is 0.921. The Morgan fingerprint density at radius 3 is 2.42 bits per heavy atom. The van der Waals surface area contributed by atoms with Crippen molar-refractivity contribution in [1.29, 1.82) is 0 Å². The monoisotopic (exact) mass is 443 g/mol. The number of carbonyl (C=O) groups is 4. The molecule has 0 atom stereocenters. The first-order valence-corrected chi connectivity index (χ1v) is 11.5. The molecule has 0 spiro atoms. The van der Waals surface area contributed by atoms with Gasteiger partial charge in [-0.25, -0.2) is 0 Å². The molecule has 2 heterocycles. The maximum absolute atomic E-state index is 12.6. The Kier molecular flexibility index (Phi) is 7.54. The number of carbonyl (C=O) groups excluding carboxylic acids is 4. The lowest BCUT2D eigenvalue weighted by atomic mass is 9.95. The molecule has 2 fully saturated rings. The van der Waals surface area contributed by atoms with Gasteiger partial charge in [0.1, 0.15) is 0 Å². The van der Waals surface area contributed by atoms with E-state index in [2.05, 4.69) is 5.32 Å². The molecule has 0 radical (unpaired) electrons. The molecule has 0 aliphatic carbocycles. The average Bonchev–Trinajstić information content (AvgIpc) is 3.02. The Labute approximate surface area is 187 Å². The summed E-state index contributed by atoms with van der Waals surface area (Å²) in [4.78, 5) is 52.7. The van der Waals surface area contributed by atoms with Gasteiger partial charge >= 0.3 is 0 Å². The Morgan fingerprint density at radius 1 is 1.16 bits per heavy atom. The van der Waals surface area contributed by atoms with Crippen molar-refractivity contribution in [1.82, 2.24) is 15.1 Å². The number of piperidine rings is 1. The van der Waals surface area contributed by atoms with E-state index in [1.165, 1.54) is 4.90 Å². The summed E-state index contributed by atoms with van der Waals surface area (Å²) in [5.74, 6) is -0.475. The van der Waals surface area contributed by atoms with Crippen molar-refractivity contribution in [3.63, 3.8) is 0 Å². The number of aryl methyl sites for hydroxylation is 1. The number of nitrogens with zero attached hydrogens (tertiary/aromatic N) is 2. The van der Waals surface area contributed by atoms with Crippen LogP contribution in [0.5, 0.6) is 0 Å². The summed E-state index contributed by atoms with van der Waals surface area (Å²) in [5, 5.41) is 2.52. The molecule has 166 valence electrons. The number of benzene rings is 1. The van der Waals surface area contributed by atoms with E-state index in [1.807, 2.05) is 49.9 Å². The summed E-state index contributed by atoms with van der Waals surface area (Å²) in [6.45, 7) is 7.28. The SMILES string of the molecule is Cc1ccc(C=C2SC(=O)N(CCNC(=O)C3CCN(C(=O)C(C)C)CC3)C2=O)cc1. The Balaban J connectivity index is 1.46. The third kappa shape index (κ3) is 5.76. The summed E-state index contributed by atoms with van der Waals surface area (Å²) < 4.78 is 0. The molecule has 2 saturated heterocycles. The molecule has 0 aromatic heterocycles. The molecular weight excluding hydrogens is 414 g/mol. The fourth-order valence-corrected chi connectivity index (χ4v) is 4.53. The van der Waals surface area contributed by atoms with Crippen molar-refractivity contribution in [2.45, 2.75) is 33.6 Å². The van der Waals surface area contributed by atoms with E-state index in [9.17, 15) is 19.2 Å². The van der Waals surface area contributed by atoms with Crippen LogP contribution < -0.4 is 5.32 Å². The zero-order valence-corrected chi connectivity index (χ0v) is 19.0. The Bertz CT molecular complexity index is 887. The fourth-order valence-electron chi connectivity index (χ4n) is 3.67. The topological polar surface area (TPSA) is 86.8 Å². The smallest absolute Gasteiger partial charge is 0.293 e. The van der Waals surface area contributed by atoms with Crippen molar-refractivity contribution >= 4 is 40.8 Å². The van der Waals surface area contributed by atoms with E-state index in [1.54, 1.807) is 6.08 Å². The lowest BCUT2D eigenvalue weighted by molar-refractivity contribution is -0.138. The summed E-state index contributed by atoms with van der Waals surface area (Å²) in [6, 6.07) is 7.72. The second kappa shape index (κ2) is 10.1. The van der Waals surface area contributed by atoms with Gasteiger partial charge in [0.2, 0.25) is 11.8 Å². The zero-order chi connectivity index (χ0) is 22.5. The molecule has 0 unspecified atom stereocenters. The molecule has 1 aromatic carbocycles. The number of amides is 4. The minimum atomic E-state index is -0.328. The van der Waals surface area contributed by atoms with Gasteiger partial charge in [0.25, 0.3) is 11.1 Å². The number of hydrogen-bond acceptors (Lipinski definition) is 5. The number of hydrogen-bond donors (Lipinski definition) is 1. The molecule has 0 saturated carbocycles. The summed E-state index contributed by atoms with van der Waals surface area (Å²) in [5.41, 5.74) is 1.99. The first kappa shape index (κ1) is 23.1. The second-order valence-corrected chi connectivity index (χ2v) is 9.28. The normalized spacial score (nSPS) is 18.9. The highest BCUT2D eigenvalue weighted by Crippen LogP contribution is 2.32. The van der Waals surface area contributed by atoms with Crippen LogP contribution >= 0.6 is 11.8 Å². The van der Waals surface area contributed by atoms with Crippen LogP contribution in [-0.2, 0) is 14.4 Å². The quantitative estimate of drug-likeness (QED) is 0.683. The van der Waals surface area contributed by atoms with Gasteiger partial charge in [0, 0.05) is 38.0 Å². The van der Waals surface area contributed by atoms with Crippen molar-refractivity contribution in [2.24, 2.45) is 11.8 Å². The fraction of sp³-hybridized carbons (Fsp3) is 0.478. The molecule has 2 aliphatic rings. The molecule has 1 aromatic rings. The van der Waals surface area contributed by atoms with Gasteiger partial charge < -0.3 is 10.2 Å². The van der Waals surface area contributed by atoms with Gasteiger partial charge in [0.15, 0.2) is 0 Å². The summed E-state index contributed by atoms with van der Waals surface area (Å²) in [6.07, 6.45) is 2.98. The van der Waals surface area contributed by atoms with Crippen molar-refractivity contribution in [2.75, 3.05) is 26.2 Å². The van der Waals surface area contributed by atoms with Crippen LogP contribution in [0, 0.1) is 18.8 Å². The van der Waals surface area contributed by atoms with Crippen molar-refractivity contribution in [3.8, 4) is 0 Å². The number of thioether (sulfide) groups is 1. The Hall–Kier alpha value is -2.61. The predicted octanol–water partition coefficient (Wildman–Crippen LogP) is 3.04. The van der Waals surface area contributed by atoms with Gasteiger partial charge in [-0.2, -0.15) is 0 Å². The molecule has 3 rings (SSSR count). The minimum Gasteiger partial charge on any atom is -0.354 e. The molecule has 0 bridgehead atoms. The van der Waals surface area contributed by atoms with Gasteiger partial charge in [-0.15, -0.1) is 0 Å². The molecule has 4 amide bonds. The standard InChI is InChI=1S/C23H29N3O4S/c1-15(2)21(28)25-11-8-18(9-12-25)20(27)24-10-13-26-22(29)19(31-23(26)30)14-17-6-4-16(3)5-7-17/h4-7,14-15,18H,8-13H2,1-3H3,(H,24,27). The largest absolute Gasteiger partial charge is 0.354 e. The highest BCUT2D eigenvalue weighted by atomic mass is 32.2. The van der Waals surface area contributed by atoms with Gasteiger partial charge in [-0.05, 0) is 43.2 Å². The predicted molar refractivity (Wildman–Crippen MR) is 121 cm³/mol. The van der Waals surface area contributed by atoms with Gasteiger partial charge in [-0.1, -0.05) is 43.7 Å². The molecular formula is C23H29N3O4S. The highest BCUT2D eigenvalue weighted by molar-refractivity contribution is 8.18. The number of likely N-dealkylation sites (tertiary alicyclic amines) is 1. The van der Waals surface area contributed by atoms with E-state index in [0.29, 0.717) is 30.8 Å². The van der Waals surface area contributed by atoms with Crippen LogP contribution in [0.25, 0.3) is 6.08 Å². The highest BCUT2D eigenvalue weighted by Gasteiger charge is 2.35. The zero-order valence-electron chi connectivity index (χ0n) is 18.2. The van der Waals surface area contributed by atoms with Crippen LogP contribution in [0.15, 0.2) is 29.2 Å². The number of rotatable bonds is 6. The number of imide groups is 1. The average molecular weight is 444 g/mol. The van der Waals surface area contributed by atoms with E-state index < -0.39 is 0 Å². The molecule has 31 heavy (non-hydrogen) atoms. The van der Waals surface area contributed by atoms with E-state index in [0.717, 1.165) is 22.9 Å². The van der Waals surface area contributed by atoms with Crippen molar-refractivity contribution < 1.29 is 19.2 Å². The maximum atomic E-state index is 12.6. The second-order valence-electron chi connectivity index (χ2n) is 8.29. The Morgan fingerprint density at radius 2 is 1.81 bits per heavy atom. The number of nitrogens with one attached hydrogen (secondary N) is 1. The molecule has 8 heteroatoms. The minimum absolute atomic E-state index is 0.0382. The van der Waals surface area contributed by atoms with Gasteiger partial charge in [-0.3, -0.25) is 24.1 Å². The molecule has 2 aliphatic heterocycles. The lowest BCUT2D eigenvalue weighted by Gasteiger charge is -2.32. The van der Waals surface area contributed by atoms with Crippen molar-refractivity contribution in [3.05, 3.63) is 40.3 Å². The molecule has 1 N–H and O–H groups in total. The summed E-state index contributed by atoms with van der Waals surface area (Å²) in [7, 11) is 0. The maximum Gasteiger partial charge on any atom is 0.293 e. The van der Waals surface area contributed by atoms with Crippen LogP contribution in [0.3, 0.4) is 0 Å². The molecule has 7 nitrogen and oxygen atoms in total. The first-order chi connectivity index (χ1) is 14.8. The third-order valence-electron chi connectivity index (χ3n) is 5.55. The lowest BCUT2D eigenvalue weighted by Crippen LogP contribution is -2.45. The van der Waals surface area contributed by atoms with E-state index in [4.69, 9.17) is 0 Å². The van der Waals surface area contributed by atoms with Crippen LogP contribution in [0.4, 0.5) is 4.79 Å². The van der Waals surface area contributed by atoms with E-state index >= 15 is 0 Å².